The van der Waals surface area contributed by atoms with E-state index in [9.17, 15) is 23.5 Å². The molecule has 5 rings (SSSR count). The highest BCUT2D eigenvalue weighted by atomic mass is 31.2. The van der Waals surface area contributed by atoms with Crippen LogP contribution < -0.4 is 4.74 Å². The van der Waals surface area contributed by atoms with Crippen LogP contribution in [0.25, 0.3) is 28.0 Å². The second-order valence-corrected chi connectivity index (χ2v) is 24.9. The van der Waals surface area contributed by atoms with Crippen molar-refractivity contribution in [1.29, 1.82) is 0 Å². The Balaban J connectivity index is 1.59. The average molecular weight is 755 g/mol. The van der Waals surface area contributed by atoms with E-state index in [2.05, 4.69) is 79.4 Å². The number of esters is 1. The summed E-state index contributed by atoms with van der Waals surface area (Å²) in [7, 11) is -5.77. The molecule has 0 radical (unpaired) electrons. The number of hydrogen-bond acceptors (Lipinski definition) is 6. The molecule has 0 amide bonds. The van der Waals surface area contributed by atoms with Crippen LogP contribution in [0.15, 0.2) is 54.6 Å². The van der Waals surface area contributed by atoms with Crippen molar-refractivity contribution >= 4 is 38.5 Å². The normalized spacial score (nSPS) is 20.0. The number of hydrogen-bond donors (Lipinski definition) is 2. The van der Waals surface area contributed by atoms with Crippen molar-refractivity contribution in [3.8, 4) is 16.9 Å². The summed E-state index contributed by atoms with van der Waals surface area (Å²) < 4.78 is 51.0. The molecule has 3 aromatic carbocycles. The lowest BCUT2D eigenvalue weighted by atomic mass is 9.69. The molecule has 8 nitrogen and oxygen atoms in total. The zero-order chi connectivity index (χ0) is 38.3. The van der Waals surface area contributed by atoms with Crippen molar-refractivity contribution in [1.82, 2.24) is 0 Å². The predicted molar refractivity (Wildman–Crippen MR) is 208 cm³/mol. The Morgan fingerprint density at radius 3 is 2.23 bits per heavy atom. The van der Waals surface area contributed by atoms with Gasteiger partial charge in [0, 0.05) is 25.3 Å². The van der Waals surface area contributed by atoms with Crippen molar-refractivity contribution in [3.63, 3.8) is 0 Å². The summed E-state index contributed by atoms with van der Waals surface area (Å²) >= 11 is 0. The first-order chi connectivity index (χ1) is 24.1. The number of benzene rings is 3. The van der Waals surface area contributed by atoms with E-state index < -0.39 is 50.8 Å². The number of rotatable bonds is 12. The number of carbonyl (C=O) groups is 1. The van der Waals surface area contributed by atoms with Gasteiger partial charge < -0.3 is 28.7 Å². The van der Waals surface area contributed by atoms with Gasteiger partial charge >= 0.3 is 13.6 Å². The van der Waals surface area contributed by atoms with Crippen LogP contribution in [0.3, 0.4) is 0 Å². The largest absolute Gasteiger partial charge is 0.481 e. The molecule has 11 heteroatoms. The van der Waals surface area contributed by atoms with Gasteiger partial charge in [-0.2, -0.15) is 0 Å². The zero-order valence-corrected chi connectivity index (χ0v) is 34.0. The molecule has 0 bridgehead atoms. The highest BCUT2D eigenvalue weighted by molar-refractivity contribution is 7.51. The van der Waals surface area contributed by atoms with E-state index in [1.807, 2.05) is 6.07 Å². The Hall–Kier alpha value is -2.85. The molecule has 0 unspecified atom stereocenters. The second-order valence-electron chi connectivity index (χ2n) is 17.7. The SMILES string of the molecule is CC(C)(C)C1(C(C)(C)C)O[C@@H](CC(=O)OCC[Si](C)(C)C)C[C@@H](/C=C/c2c(C3CC3)cc3ccc(OCP(=O)(O)O)cc3c2-c2ccc(F)cc2)O1. The topological polar surface area (TPSA) is 112 Å². The molecule has 1 aliphatic carbocycles. The molecule has 1 saturated carbocycles. The third kappa shape index (κ3) is 9.81. The molecule has 1 aliphatic heterocycles. The molecule has 2 N–H and O–H groups in total. The first-order valence-corrected chi connectivity index (χ1v) is 23.8. The Morgan fingerprint density at radius 2 is 1.65 bits per heavy atom. The Bertz CT molecular complexity index is 1810. The third-order valence-corrected chi connectivity index (χ3v) is 12.0. The summed E-state index contributed by atoms with van der Waals surface area (Å²) in [4.78, 5) is 32.1. The standard InChI is InChI=1S/C41H56FO8PSi/c1-39(2,3)41(40(4,5)6)49-32(23-33(50-41)25-37(43)47-20-21-52(7,8)9)18-19-34-35(27-10-11-27)22-29-14-17-31(48-26-51(44,45)46)24-36(29)38(34)28-12-15-30(42)16-13-28/h12-19,22,24,27,32-33H,10-11,20-21,23,25-26H2,1-9H3,(H2,44,45,46)/b19-18+/t32-,33-/m1/s1. The highest BCUT2D eigenvalue weighted by Gasteiger charge is 2.57. The van der Waals surface area contributed by atoms with Crippen LogP contribution in [0, 0.1) is 16.6 Å². The predicted octanol–water partition coefficient (Wildman–Crippen LogP) is 10.3. The van der Waals surface area contributed by atoms with Crippen LogP contribution in [-0.2, 0) is 23.6 Å². The molecule has 3 aromatic rings. The van der Waals surface area contributed by atoms with E-state index in [0.29, 0.717) is 24.7 Å². The van der Waals surface area contributed by atoms with Crippen LogP contribution in [0.4, 0.5) is 4.39 Å². The van der Waals surface area contributed by atoms with E-state index in [1.54, 1.807) is 24.3 Å². The Morgan fingerprint density at radius 1 is 1.00 bits per heavy atom. The van der Waals surface area contributed by atoms with Gasteiger partial charge in [0.1, 0.15) is 11.6 Å². The summed E-state index contributed by atoms with van der Waals surface area (Å²) in [6.07, 6.45) is 5.23. The maximum Gasteiger partial charge on any atom is 0.362 e. The number of fused-ring (bicyclic) bond motifs is 1. The average Bonchev–Trinajstić information content (AvgIpc) is 3.86. The Labute approximate surface area is 309 Å². The lowest BCUT2D eigenvalue weighted by molar-refractivity contribution is -0.389. The van der Waals surface area contributed by atoms with Gasteiger partial charge in [-0.25, -0.2) is 4.39 Å². The first kappa shape index (κ1) is 40.3. The molecule has 52 heavy (non-hydrogen) atoms. The second kappa shape index (κ2) is 15.1. The molecular weight excluding hydrogens is 699 g/mol. The number of halogens is 1. The third-order valence-electron chi connectivity index (χ3n) is 9.84. The van der Waals surface area contributed by atoms with Crippen molar-refractivity contribution in [3.05, 3.63) is 71.6 Å². The van der Waals surface area contributed by atoms with Crippen molar-refractivity contribution in [2.75, 3.05) is 13.0 Å². The fourth-order valence-corrected chi connectivity index (χ4v) is 8.36. The smallest absolute Gasteiger partial charge is 0.362 e. The molecule has 0 spiro atoms. The van der Waals surface area contributed by atoms with Crippen LogP contribution in [0.1, 0.15) is 84.3 Å². The monoisotopic (exact) mass is 754 g/mol. The summed E-state index contributed by atoms with van der Waals surface area (Å²) in [6, 6.07) is 14.8. The van der Waals surface area contributed by atoms with Gasteiger partial charge in [0.05, 0.1) is 25.2 Å². The highest BCUT2D eigenvalue weighted by Crippen LogP contribution is 2.53. The molecule has 1 heterocycles. The summed E-state index contributed by atoms with van der Waals surface area (Å²) in [5, 5.41) is 1.75. The van der Waals surface area contributed by atoms with Crippen molar-refractivity contribution < 1.29 is 42.5 Å². The fourth-order valence-electron chi connectivity index (χ4n) is 7.33. The fraction of sp³-hybridized carbons (Fsp3) is 0.537. The van der Waals surface area contributed by atoms with Gasteiger partial charge in [-0.15, -0.1) is 0 Å². The Kier molecular flexibility index (Phi) is 11.7. The minimum Gasteiger partial charge on any atom is -0.481 e. The number of ether oxygens (including phenoxy) is 4. The molecule has 2 aliphatic rings. The van der Waals surface area contributed by atoms with Gasteiger partial charge in [0.25, 0.3) is 0 Å². The zero-order valence-electron chi connectivity index (χ0n) is 32.1. The first-order valence-electron chi connectivity index (χ1n) is 18.3. The van der Waals surface area contributed by atoms with E-state index in [1.165, 1.54) is 17.7 Å². The van der Waals surface area contributed by atoms with E-state index in [-0.39, 0.29) is 18.2 Å². The van der Waals surface area contributed by atoms with Crippen molar-refractivity contribution in [2.24, 2.45) is 10.8 Å². The van der Waals surface area contributed by atoms with Crippen LogP contribution >= 0.6 is 7.60 Å². The molecule has 2 atom stereocenters. The van der Waals surface area contributed by atoms with E-state index in [0.717, 1.165) is 46.3 Å². The maximum absolute atomic E-state index is 14.2. The van der Waals surface area contributed by atoms with Crippen molar-refractivity contribution in [2.45, 2.75) is 117 Å². The van der Waals surface area contributed by atoms with Crippen LogP contribution in [0.5, 0.6) is 5.75 Å². The van der Waals surface area contributed by atoms with Crippen LogP contribution in [-0.4, -0.2) is 54.8 Å². The molecule has 0 aromatic heterocycles. The van der Waals surface area contributed by atoms with Gasteiger partial charge in [-0.3, -0.25) is 9.36 Å². The summed E-state index contributed by atoms with van der Waals surface area (Å²) in [5.41, 5.74) is 2.88. The molecule has 2 fully saturated rings. The van der Waals surface area contributed by atoms with Crippen LogP contribution in [0.2, 0.25) is 25.7 Å². The molecular formula is C41H56FO8PSi. The molecule has 284 valence electrons. The summed E-state index contributed by atoms with van der Waals surface area (Å²) in [6.45, 7) is 19.8. The maximum atomic E-state index is 14.2. The van der Waals surface area contributed by atoms with E-state index in [4.69, 9.17) is 18.9 Å². The lowest BCUT2D eigenvalue weighted by Gasteiger charge is -2.57. The van der Waals surface area contributed by atoms with E-state index >= 15 is 0 Å². The van der Waals surface area contributed by atoms with Gasteiger partial charge in [-0.1, -0.05) is 97.6 Å². The van der Waals surface area contributed by atoms with Gasteiger partial charge in [0.15, 0.2) is 12.1 Å². The quantitative estimate of drug-likeness (QED) is 0.107. The number of carbonyl (C=O) groups excluding carboxylic acids is 1. The lowest BCUT2D eigenvalue weighted by Crippen LogP contribution is -2.63. The minimum absolute atomic E-state index is 0.120. The molecule has 1 saturated heterocycles. The summed E-state index contributed by atoms with van der Waals surface area (Å²) in [5.74, 6) is -0.988. The van der Waals surface area contributed by atoms with Gasteiger partial charge in [0.2, 0.25) is 0 Å². The van der Waals surface area contributed by atoms with Gasteiger partial charge in [-0.05, 0) is 82.1 Å². The minimum atomic E-state index is -4.40.